The topological polar surface area (TPSA) is 32.3 Å². The minimum Gasteiger partial charge on any atom is -0.339 e. The van der Waals surface area contributed by atoms with E-state index in [0.717, 1.165) is 37.6 Å². The fraction of sp³-hybridized carbons (Fsp3) is 0.824. The highest BCUT2D eigenvalue weighted by atomic mass is 35.5. The van der Waals surface area contributed by atoms with Gasteiger partial charge in [-0.2, -0.15) is 11.8 Å². The van der Waals surface area contributed by atoms with E-state index in [9.17, 15) is 4.79 Å². The number of halogens is 1. The van der Waals surface area contributed by atoms with Crippen molar-refractivity contribution in [2.75, 3.05) is 31.1 Å². The molecule has 0 atom stereocenters. The Hall–Kier alpha value is -0.190. The summed E-state index contributed by atoms with van der Waals surface area (Å²) in [5.74, 6) is 2.59. The maximum atomic E-state index is 12.8. The van der Waals surface area contributed by atoms with Crippen molar-refractivity contribution in [1.82, 2.24) is 10.2 Å². The quantitative estimate of drug-likeness (QED) is 0.564. The molecule has 22 heavy (non-hydrogen) atoms. The Labute approximate surface area is 146 Å². The minimum atomic E-state index is 0. The van der Waals surface area contributed by atoms with Crippen molar-refractivity contribution in [1.29, 1.82) is 0 Å². The lowest BCUT2D eigenvalue weighted by Gasteiger charge is -2.35. The van der Waals surface area contributed by atoms with Crippen LogP contribution >= 0.6 is 24.2 Å². The SMILES string of the molecule is CCSCCN(C(=O)CC1=CCNCC1)C1CCCCC1.Cl. The average Bonchev–Trinajstić information content (AvgIpc) is 2.53. The van der Waals surface area contributed by atoms with E-state index in [1.165, 1.54) is 37.7 Å². The van der Waals surface area contributed by atoms with Gasteiger partial charge in [-0.1, -0.05) is 37.8 Å². The molecular formula is C17H31ClN2OS. The van der Waals surface area contributed by atoms with Gasteiger partial charge in [-0.05, 0) is 31.6 Å². The normalized spacial score (nSPS) is 19.2. The second kappa shape index (κ2) is 11.4. The van der Waals surface area contributed by atoms with Crippen LogP contribution in [0.2, 0.25) is 0 Å². The smallest absolute Gasteiger partial charge is 0.226 e. The van der Waals surface area contributed by atoms with Gasteiger partial charge in [0, 0.05) is 31.3 Å². The van der Waals surface area contributed by atoms with Crippen LogP contribution in [0.15, 0.2) is 11.6 Å². The van der Waals surface area contributed by atoms with E-state index < -0.39 is 0 Å². The van der Waals surface area contributed by atoms with Crippen molar-refractivity contribution >= 4 is 30.1 Å². The maximum Gasteiger partial charge on any atom is 0.226 e. The summed E-state index contributed by atoms with van der Waals surface area (Å²) in [6.45, 7) is 5.08. The van der Waals surface area contributed by atoms with Gasteiger partial charge in [-0.25, -0.2) is 0 Å². The second-order valence-electron chi connectivity index (χ2n) is 6.07. The molecule has 0 aromatic rings. The number of thioether (sulfide) groups is 1. The molecule has 1 N–H and O–H groups in total. The number of nitrogens with one attached hydrogen (secondary N) is 1. The molecule has 3 nitrogen and oxygen atoms in total. The van der Waals surface area contributed by atoms with Gasteiger partial charge in [0.1, 0.15) is 0 Å². The molecule has 1 heterocycles. The second-order valence-corrected chi connectivity index (χ2v) is 7.46. The summed E-state index contributed by atoms with van der Waals surface area (Å²) in [4.78, 5) is 15.0. The van der Waals surface area contributed by atoms with Crippen LogP contribution in [0.25, 0.3) is 0 Å². The highest BCUT2D eigenvalue weighted by Gasteiger charge is 2.25. The van der Waals surface area contributed by atoms with E-state index in [-0.39, 0.29) is 12.4 Å². The van der Waals surface area contributed by atoms with E-state index in [1.54, 1.807) is 0 Å². The van der Waals surface area contributed by atoms with Crippen molar-refractivity contribution in [2.45, 2.75) is 57.9 Å². The molecule has 0 aromatic heterocycles. The van der Waals surface area contributed by atoms with Crippen LogP contribution in [0, 0.1) is 0 Å². The van der Waals surface area contributed by atoms with Gasteiger partial charge in [0.2, 0.25) is 5.91 Å². The van der Waals surface area contributed by atoms with E-state index in [2.05, 4.69) is 23.2 Å². The van der Waals surface area contributed by atoms with Crippen LogP contribution < -0.4 is 5.32 Å². The first-order chi connectivity index (χ1) is 10.3. The van der Waals surface area contributed by atoms with Crippen LogP contribution in [0.5, 0.6) is 0 Å². The summed E-state index contributed by atoms with van der Waals surface area (Å²) in [6, 6.07) is 0.506. The molecule has 2 rings (SSSR count). The molecule has 1 aliphatic carbocycles. The zero-order valence-electron chi connectivity index (χ0n) is 13.8. The van der Waals surface area contributed by atoms with Gasteiger partial charge >= 0.3 is 0 Å². The summed E-state index contributed by atoms with van der Waals surface area (Å²) in [6.07, 6.45) is 10.2. The first kappa shape index (κ1) is 19.9. The third kappa shape index (κ3) is 6.51. The summed E-state index contributed by atoms with van der Waals surface area (Å²) in [5.41, 5.74) is 1.34. The third-order valence-electron chi connectivity index (χ3n) is 4.55. The van der Waals surface area contributed by atoms with Crippen molar-refractivity contribution in [3.05, 3.63) is 11.6 Å². The van der Waals surface area contributed by atoms with Gasteiger partial charge in [0.05, 0.1) is 0 Å². The highest BCUT2D eigenvalue weighted by Crippen LogP contribution is 2.24. The first-order valence-electron chi connectivity index (χ1n) is 8.57. The van der Waals surface area contributed by atoms with Crippen molar-refractivity contribution in [3.8, 4) is 0 Å². The number of nitrogens with zero attached hydrogens (tertiary/aromatic N) is 1. The average molecular weight is 347 g/mol. The molecule has 5 heteroatoms. The molecular weight excluding hydrogens is 316 g/mol. The minimum absolute atomic E-state index is 0. The Morgan fingerprint density at radius 1 is 1.36 bits per heavy atom. The molecule has 0 unspecified atom stereocenters. The molecule has 1 amide bonds. The molecule has 0 bridgehead atoms. The summed E-state index contributed by atoms with van der Waals surface area (Å²) >= 11 is 1.95. The number of hydrogen-bond donors (Lipinski definition) is 1. The summed E-state index contributed by atoms with van der Waals surface area (Å²) in [5, 5.41) is 3.32. The summed E-state index contributed by atoms with van der Waals surface area (Å²) < 4.78 is 0. The van der Waals surface area contributed by atoms with Gasteiger partial charge in [-0.15, -0.1) is 12.4 Å². The molecule has 1 aliphatic heterocycles. The van der Waals surface area contributed by atoms with Gasteiger partial charge in [0.25, 0.3) is 0 Å². The molecule has 128 valence electrons. The molecule has 0 saturated heterocycles. The van der Waals surface area contributed by atoms with Crippen molar-refractivity contribution in [3.63, 3.8) is 0 Å². The third-order valence-corrected chi connectivity index (χ3v) is 5.43. The number of carbonyl (C=O) groups is 1. The Bertz CT molecular complexity index is 357. The van der Waals surface area contributed by atoms with Gasteiger partial charge < -0.3 is 10.2 Å². The number of carbonyl (C=O) groups excluding carboxylic acids is 1. The highest BCUT2D eigenvalue weighted by molar-refractivity contribution is 7.99. The zero-order valence-corrected chi connectivity index (χ0v) is 15.4. The largest absolute Gasteiger partial charge is 0.339 e. The van der Waals surface area contributed by atoms with E-state index in [0.29, 0.717) is 18.4 Å². The predicted octanol–water partition coefficient (Wildman–Crippen LogP) is 3.63. The molecule has 0 radical (unpaired) electrons. The predicted molar refractivity (Wildman–Crippen MR) is 99.0 cm³/mol. The van der Waals surface area contributed by atoms with Gasteiger partial charge in [-0.3, -0.25) is 4.79 Å². The van der Waals surface area contributed by atoms with Crippen molar-refractivity contribution in [2.24, 2.45) is 0 Å². The Morgan fingerprint density at radius 3 is 2.77 bits per heavy atom. The zero-order chi connectivity index (χ0) is 14.9. The molecule has 1 saturated carbocycles. The first-order valence-corrected chi connectivity index (χ1v) is 9.72. The number of amides is 1. The monoisotopic (exact) mass is 346 g/mol. The molecule has 2 aliphatic rings. The lowest BCUT2D eigenvalue weighted by atomic mass is 9.93. The number of hydrogen-bond acceptors (Lipinski definition) is 3. The molecule has 0 aromatic carbocycles. The van der Waals surface area contributed by atoms with Crippen molar-refractivity contribution < 1.29 is 4.79 Å². The maximum absolute atomic E-state index is 12.8. The molecule has 0 spiro atoms. The molecule has 1 fully saturated rings. The van der Waals surface area contributed by atoms with E-state index >= 15 is 0 Å². The lowest BCUT2D eigenvalue weighted by Crippen LogP contribution is -2.43. The van der Waals surface area contributed by atoms with Crippen LogP contribution in [0.1, 0.15) is 51.9 Å². The van der Waals surface area contributed by atoms with Crippen LogP contribution in [-0.4, -0.2) is 48.0 Å². The Kier molecular flexibility index (Phi) is 10.3. The van der Waals surface area contributed by atoms with E-state index in [1.807, 2.05) is 11.8 Å². The van der Waals surface area contributed by atoms with Crippen LogP contribution in [0.3, 0.4) is 0 Å². The fourth-order valence-corrected chi connectivity index (χ4v) is 3.95. The number of rotatable bonds is 7. The lowest BCUT2D eigenvalue weighted by molar-refractivity contribution is -0.133. The Balaban J connectivity index is 0.00000242. The van der Waals surface area contributed by atoms with Crippen LogP contribution in [0.4, 0.5) is 0 Å². The van der Waals surface area contributed by atoms with E-state index in [4.69, 9.17) is 0 Å². The standard InChI is InChI=1S/C17H30N2OS.ClH/c1-2-21-13-12-19(16-6-4-3-5-7-16)17(20)14-15-8-10-18-11-9-15;/h8,16,18H,2-7,9-14H2,1H3;1H. The van der Waals surface area contributed by atoms with Gasteiger partial charge in [0.15, 0.2) is 0 Å². The fourth-order valence-electron chi connectivity index (χ4n) is 3.34. The van der Waals surface area contributed by atoms with Crippen LogP contribution in [-0.2, 0) is 4.79 Å². The summed E-state index contributed by atoms with van der Waals surface area (Å²) in [7, 11) is 0. The Morgan fingerprint density at radius 2 is 2.14 bits per heavy atom.